The largest absolute Gasteiger partial charge is 0.462 e. The summed E-state index contributed by atoms with van der Waals surface area (Å²) in [6.45, 7) is 7.46. The van der Waals surface area contributed by atoms with Crippen LogP contribution in [-0.4, -0.2) is 37.8 Å². The molecule has 0 aromatic rings. The van der Waals surface area contributed by atoms with Crippen LogP contribution in [0.3, 0.4) is 0 Å². The van der Waals surface area contributed by atoms with E-state index in [9.17, 15) is 9.59 Å². The monoisotopic (exact) mass is 368 g/mol. The quantitative estimate of drug-likeness (QED) is 0.351. The molecule has 0 atom stereocenters. The normalized spacial score (nSPS) is 15.5. The van der Waals surface area contributed by atoms with Gasteiger partial charge in [-0.15, -0.1) is 11.8 Å². The minimum atomic E-state index is -0.362. The fraction of sp³-hybridized carbons (Fsp3) is 0.684. The molecule has 25 heavy (non-hydrogen) atoms. The minimum Gasteiger partial charge on any atom is -0.462 e. The summed E-state index contributed by atoms with van der Waals surface area (Å²) in [7, 11) is 0. The molecule has 0 aliphatic heterocycles. The highest BCUT2D eigenvalue weighted by Gasteiger charge is 2.22. The molecule has 1 amide bonds. The Morgan fingerprint density at radius 3 is 2.64 bits per heavy atom. The molecule has 1 rings (SSSR count). The van der Waals surface area contributed by atoms with E-state index in [0.29, 0.717) is 18.1 Å². The van der Waals surface area contributed by atoms with E-state index in [1.54, 1.807) is 18.7 Å². The summed E-state index contributed by atoms with van der Waals surface area (Å²) in [5.41, 5.74) is 1.51. The standard InChI is InChI=1S/C19H32N2O3S/c1-5-24-19(23)16(15-8-6-7-9-17(15)25-4)12-21-18(22)13-20-11-10-14(2)3/h12,14,20H,5-11,13H2,1-4H3,(H,21,22)/b16-12-. The van der Waals surface area contributed by atoms with Crippen LogP contribution in [0.15, 0.2) is 22.3 Å². The van der Waals surface area contributed by atoms with E-state index in [4.69, 9.17) is 4.74 Å². The Kier molecular flexibility index (Phi) is 10.6. The van der Waals surface area contributed by atoms with Crippen molar-refractivity contribution >= 4 is 23.6 Å². The third-order valence-electron chi connectivity index (χ3n) is 4.05. The Balaban J connectivity index is 2.75. The molecule has 0 fully saturated rings. The Bertz CT molecular complexity index is 513. The summed E-state index contributed by atoms with van der Waals surface area (Å²) >= 11 is 1.68. The van der Waals surface area contributed by atoms with Gasteiger partial charge in [0.15, 0.2) is 0 Å². The van der Waals surface area contributed by atoms with Gasteiger partial charge in [-0.1, -0.05) is 13.8 Å². The summed E-state index contributed by atoms with van der Waals surface area (Å²) in [6, 6.07) is 0. The van der Waals surface area contributed by atoms with Crippen LogP contribution in [0.4, 0.5) is 0 Å². The fourth-order valence-corrected chi connectivity index (χ4v) is 3.47. The SMILES string of the molecule is CCOC(=O)/C(=C\NC(=O)CNCCC(C)C)C1=C(SC)CCCC1. The lowest BCUT2D eigenvalue weighted by Gasteiger charge is -2.20. The maximum atomic E-state index is 12.4. The van der Waals surface area contributed by atoms with E-state index in [2.05, 4.69) is 24.5 Å². The smallest absolute Gasteiger partial charge is 0.339 e. The molecule has 0 aromatic heterocycles. The first-order valence-corrected chi connectivity index (χ1v) is 10.4. The van der Waals surface area contributed by atoms with Crippen LogP contribution < -0.4 is 10.6 Å². The molecule has 0 radical (unpaired) electrons. The summed E-state index contributed by atoms with van der Waals surface area (Å²) in [4.78, 5) is 25.6. The molecule has 6 heteroatoms. The number of amides is 1. The second-order valence-electron chi connectivity index (χ2n) is 6.52. The van der Waals surface area contributed by atoms with Crippen molar-refractivity contribution in [3.63, 3.8) is 0 Å². The number of rotatable bonds is 10. The van der Waals surface area contributed by atoms with Crippen molar-refractivity contribution < 1.29 is 14.3 Å². The minimum absolute atomic E-state index is 0.146. The van der Waals surface area contributed by atoms with Crippen molar-refractivity contribution in [2.75, 3.05) is 26.0 Å². The van der Waals surface area contributed by atoms with Crippen molar-refractivity contribution in [3.8, 4) is 0 Å². The summed E-state index contributed by atoms with van der Waals surface area (Å²) in [5, 5.41) is 5.86. The highest BCUT2D eigenvalue weighted by Crippen LogP contribution is 2.35. The number of allylic oxidation sites excluding steroid dienone is 1. The predicted molar refractivity (Wildman–Crippen MR) is 104 cm³/mol. The number of nitrogens with one attached hydrogen (secondary N) is 2. The van der Waals surface area contributed by atoms with E-state index in [1.165, 1.54) is 11.1 Å². The van der Waals surface area contributed by atoms with Gasteiger partial charge in [0.2, 0.25) is 5.91 Å². The zero-order chi connectivity index (χ0) is 18.7. The third-order valence-corrected chi connectivity index (χ3v) is 4.99. The molecule has 0 saturated carbocycles. The molecular formula is C19H32N2O3S. The molecule has 1 aliphatic rings. The topological polar surface area (TPSA) is 67.4 Å². The first-order valence-electron chi connectivity index (χ1n) is 9.13. The van der Waals surface area contributed by atoms with Crippen molar-refractivity contribution in [2.24, 2.45) is 5.92 Å². The Hall–Kier alpha value is -1.27. The lowest BCUT2D eigenvalue weighted by atomic mass is 9.93. The molecule has 2 N–H and O–H groups in total. The lowest BCUT2D eigenvalue weighted by Crippen LogP contribution is -2.32. The molecule has 0 saturated heterocycles. The van der Waals surface area contributed by atoms with Crippen LogP contribution in [0.25, 0.3) is 0 Å². The maximum absolute atomic E-state index is 12.4. The molecule has 0 unspecified atom stereocenters. The van der Waals surface area contributed by atoms with E-state index in [1.807, 2.05) is 6.26 Å². The van der Waals surface area contributed by atoms with E-state index in [-0.39, 0.29) is 18.4 Å². The average Bonchev–Trinajstić information content (AvgIpc) is 2.59. The molecule has 0 aromatic carbocycles. The first kappa shape index (κ1) is 21.8. The molecule has 1 aliphatic carbocycles. The Morgan fingerprint density at radius 2 is 2.00 bits per heavy atom. The fourth-order valence-electron chi connectivity index (χ4n) is 2.66. The van der Waals surface area contributed by atoms with Crippen LogP contribution in [0.1, 0.15) is 52.9 Å². The predicted octanol–water partition coefficient (Wildman–Crippen LogP) is 3.38. The van der Waals surface area contributed by atoms with Gasteiger partial charge in [-0.05, 0) is 68.2 Å². The van der Waals surface area contributed by atoms with Crippen LogP contribution in [0, 0.1) is 5.92 Å². The van der Waals surface area contributed by atoms with Crippen molar-refractivity contribution in [1.82, 2.24) is 10.6 Å². The molecule has 0 spiro atoms. The van der Waals surface area contributed by atoms with Gasteiger partial charge in [0.1, 0.15) is 0 Å². The average molecular weight is 369 g/mol. The van der Waals surface area contributed by atoms with Crippen LogP contribution in [0.2, 0.25) is 0 Å². The molecular weight excluding hydrogens is 336 g/mol. The van der Waals surface area contributed by atoms with E-state index in [0.717, 1.165) is 44.2 Å². The number of ether oxygens (including phenoxy) is 1. The maximum Gasteiger partial charge on any atom is 0.339 e. The zero-order valence-electron chi connectivity index (χ0n) is 15.9. The number of carbonyl (C=O) groups excluding carboxylic acids is 2. The van der Waals surface area contributed by atoms with Gasteiger partial charge in [-0.3, -0.25) is 4.79 Å². The van der Waals surface area contributed by atoms with Crippen LogP contribution >= 0.6 is 11.8 Å². The van der Waals surface area contributed by atoms with Gasteiger partial charge < -0.3 is 15.4 Å². The van der Waals surface area contributed by atoms with Crippen molar-refractivity contribution in [1.29, 1.82) is 0 Å². The van der Waals surface area contributed by atoms with Crippen LogP contribution in [-0.2, 0) is 14.3 Å². The molecule has 0 bridgehead atoms. The second kappa shape index (κ2) is 12.1. The lowest BCUT2D eigenvalue weighted by molar-refractivity contribution is -0.138. The number of carbonyl (C=O) groups is 2. The highest BCUT2D eigenvalue weighted by atomic mass is 32.2. The third kappa shape index (κ3) is 8.10. The van der Waals surface area contributed by atoms with Gasteiger partial charge in [-0.25, -0.2) is 4.79 Å². The van der Waals surface area contributed by atoms with Gasteiger partial charge in [0.05, 0.1) is 18.7 Å². The number of thioether (sulfide) groups is 1. The van der Waals surface area contributed by atoms with Gasteiger partial charge in [0, 0.05) is 6.20 Å². The zero-order valence-corrected chi connectivity index (χ0v) is 16.8. The van der Waals surface area contributed by atoms with Gasteiger partial charge in [-0.2, -0.15) is 0 Å². The van der Waals surface area contributed by atoms with Crippen molar-refractivity contribution in [3.05, 3.63) is 22.3 Å². The van der Waals surface area contributed by atoms with Gasteiger partial charge >= 0.3 is 5.97 Å². The number of hydrogen-bond acceptors (Lipinski definition) is 5. The summed E-state index contributed by atoms with van der Waals surface area (Å²) in [5.74, 6) is 0.0979. The Labute approximate surface area is 156 Å². The van der Waals surface area contributed by atoms with Crippen LogP contribution in [0.5, 0.6) is 0 Å². The number of esters is 1. The molecule has 0 heterocycles. The molecule has 142 valence electrons. The van der Waals surface area contributed by atoms with E-state index >= 15 is 0 Å². The van der Waals surface area contributed by atoms with Gasteiger partial charge in [0.25, 0.3) is 0 Å². The Morgan fingerprint density at radius 1 is 1.28 bits per heavy atom. The number of hydrogen-bond donors (Lipinski definition) is 2. The molecule has 5 nitrogen and oxygen atoms in total. The summed E-state index contributed by atoms with van der Waals surface area (Å²) in [6.07, 6.45) is 8.62. The summed E-state index contributed by atoms with van der Waals surface area (Å²) < 4.78 is 5.19. The highest BCUT2D eigenvalue weighted by molar-refractivity contribution is 8.02. The first-order chi connectivity index (χ1) is 12.0. The van der Waals surface area contributed by atoms with Crippen molar-refractivity contribution in [2.45, 2.75) is 52.9 Å². The second-order valence-corrected chi connectivity index (χ2v) is 7.42. The van der Waals surface area contributed by atoms with E-state index < -0.39 is 0 Å².